The number of unbranched alkanes of at least 4 members (excludes halogenated alkanes) is 1. The minimum atomic E-state index is -0.0919. The molecule has 4 heteroatoms. The number of hydrogen-bond donors (Lipinski definition) is 1. The fraction of sp³-hybridized carbons (Fsp3) is 0.429. The molecule has 0 saturated carbocycles. The summed E-state index contributed by atoms with van der Waals surface area (Å²) in [4.78, 5) is 4.57. The van der Waals surface area contributed by atoms with Crippen molar-refractivity contribution in [1.82, 2.24) is 9.55 Å². The number of nitrogens with two attached hydrogens (primary N) is 1. The topological polar surface area (TPSA) is 67.6 Å². The number of nitrogens with zero attached hydrogens (tertiary/aromatic N) is 3. The maximum absolute atomic E-state index is 8.94. The number of imidazole rings is 1. The third kappa shape index (κ3) is 2.36. The van der Waals surface area contributed by atoms with Crippen LogP contribution in [0.2, 0.25) is 0 Å². The first kappa shape index (κ1) is 12.6. The summed E-state index contributed by atoms with van der Waals surface area (Å²) in [6.45, 7) is 2.45. The summed E-state index contributed by atoms with van der Waals surface area (Å²) in [7, 11) is 0. The van der Waals surface area contributed by atoms with E-state index in [1.54, 1.807) is 0 Å². The fourth-order valence-corrected chi connectivity index (χ4v) is 2.17. The quantitative estimate of drug-likeness (QED) is 0.876. The number of hydrogen-bond acceptors (Lipinski definition) is 3. The Labute approximate surface area is 107 Å². The lowest BCUT2D eigenvalue weighted by Crippen LogP contribution is -2.16. The lowest BCUT2D eigenvalue weighted by Gasteiger charge is -2.12. The number of benzene rings is 1. The highest BCUT2D eigenvalue weighted by Crippen LogP contribution is 2.22. The molecule has 0 amide bonds. The fourth-order valence-electron chi connectivity index (χ4n) is 2.17. The summed E-state index contributed by atoms with van der Waals surface area (Å²) >= 11 is 0. The molecule has 0 aliphatic heterocycles. The second-order valence-electron chi connectivity index (χ2n) is 4.45. The summed E-state index contributed by atoms with van der Waals surface area (Å²) in [6.07, 6.45) is 3.11. The van der Waals surface area contributed by atoms with Crippen molar-refractivity contribution in [3.8, 4) is 6.07 Å². The van der Waals surface area contributed by atoms with Crippen molar-refractivity contribution in [2.24, 2.45) is 5.73 Å². The van der Waals surface area contributed by atoms with E-state index >= 15 is 0 Å². The summed E-state index contributed by atoms with van der Waals surface area (Å²) in [5, 5.41) is 8.94. The first-order chi connectivity index (χ1) is 8.77. The standard InChI is InChI=1S/C14H18N4/c1-2-3-6-11(16)14-17-12-7-4-5-8-13(12)18(14)10-9-15/h4-5,7-8,11H,2-3,6,10,16H2,1H3. The van der Waals surface area contributed by atoms with Gasteiger partial charge in [0.1, 0.15) is 12.4 Å². The molecule has 18 heavy (non-hydrogen) atoms. The maximum Gasteiger partial charge on any atom is 0.127 e. The van der Waals surface area contributed by atoms with E-state index in [0.717, 1.165) is 36.1 Å². The predicted molar refractivity (Wildman–Crippen MR) is 71.8 cm³/mol. The number of fused-ring (bicyclic) bond motifs is 1. The molecule has 0 bridgehead atoms. The van der Waals surface area contributed by atoms with E-state index in [4.69, 9.17) is 11.0 Å². The Morgan fingerprint density at radius 3 is 2.94 bits per heavy atom. The van der Waals surface area contributed by atoms with Crippen LogP contribution in [0.3, 0.4) is 0 Å². The van der Waals surface area contributed by atoms with Gasteiger partial charge in [0.15, 0.2) is 0 Å². The van der Waals surface area contributed by atoms with Gasteiger partial charge in [-0.1, -0.05) is 31.9 Å². The highest BCUT2D eigenvalue weighted by atomic mass is 15.1. The smallest absolute Gasteiger partial charge is 0.127 e. The van der Waals surface area contributed by atoms with Crippen LogP contribution < -0.4 is 5.73 Å². The van der Waals surface area contributed by atoms with Crippen LogP contribution in [-0.2, 0) is 6.54 Å². The van der Waals surface area contributed by atoms with E-state index in [1.807, 2.05) is 28.8 Å². The van der Waals surface area contributed by atoms with Gasteiger partial charge in [-0.2, -0.15) is 5.26 Å². The van der Waals surface area contributed by atoms with Gasteiger partial charge in [0.25, 0.3) is 0 Å². The summed E-state index contributed by atoms with van der Waals surface area (Å²) in [6, 6.07) is 9.94. The Bertz CT molecular complexity index is 565. The molecule has 2 rings (SSSR count). The van der Waals surface area contributed by atoms with Crippen molar-refractivity contribution in [2.45, 2.75) is 38.8 Å². The van der Waals surface area contributed by atoms with Crippen LogP contribution >= 0.6 is 0 Å². The Kier molecular flexibility index (Phi) is 3.96. The van der Waals surface area contributed by atoms with Crippen molar-refractivity contribution < 1.29 is 0 Å². The number of nitriles is 1. The predicted octanol–water partition coefficient (Wildman–Crippen LogP) is 2.75. The molecule has 0 radical (unpaired) electrons. The van der Waals surface area contributed by atoms with E-state index in [1.165, 1.54) is 0 Å². The van der Waals surface area contributed by atoms with Crippen LogP contribution in [0.4, 0.5) is 0 Å². The third-order valence-electron chi connectivity index (χ3n) is 3.11. The first-order valence-corrected chi connectivity index (χ1v) is 6.35. The van der Waals surface area contributed by atoms with Crippen LogP contribution in [0.1, 0.15) is 38.1 Å². The minimum Gasteiger partial charge on any atom is -0.321 e. The normalized spacial score (nSPS) is 12.5. The second-order valence-corrected chi connectivity index (χ2v) is 4.45. The van der Waals surface area contributed by atoms with Crippen molar-refractivity contribution in [1.29, 1.82) is 5.26 Å². The SMILES string of the molecule is CCCCC(N)c1nc2ccccc2n1CC#N. The molecule has 2 N–H and O–H groups in total. The number of aromatic nitrogens is 2. The second kappa shape index (κ2) is 5.65. The Balaban J connectivity index is 2.42. The van der Waals surface area contributed by atoms with Gasteiger partial charge >= 0.3 is 0 Å². The molecule has 1 heterocycles. The van der Waals surface area contributed by atoms with E-state index < -0.39 is 0 Å². The molecule has 4 nitrogen and oxygen atoms in total. The largest absolute Gasteiger partial charge is 0.321 e. The van der Waals surface area contributed by atoms with Crippen molar-refractivity contribution in [3.63, 3.8) is 0 Å². The van der Waals surface area contributed by atoms with Gasteiger partial charge in [-0.15, -0.1) is 0 Å². The number of para-hydroxylation sites is 2. The van der Waals surface area contributed by atoms with Crippen molar-refractivity contribution in [2.75, 3.05) is 0 Å². The summed E-state index contributed by atoms with van der Waals surface area (Å²) in [5.74, 6) is 0.825. The van der Waals surface area contributed by atoms with Gasteiger partial charge in [0.05, 0.1) is 23.1 Å². The van der Waals surface area contributed by atoms with Crippen LogP contribution in [-0.4, -0.2) is 9.55 Å². The number of rotatable bonds is 5. The Morgan fingerprint density at radius 2 is 2.22 bits per heavy atom. The van der Waals surface area contributed by atoms with Crippen LogP contribution in [0.5, 0.6) is 0 Å². The third-order valence-corrected chi connectivity index (χ3v) is 3.11. The molecule has 2 aromatic rings. The van der Waals surface area contributed by atoms with Gasteiger partial charge < -0.3 is 10.3 Å². The minimum absolute atomic E-state index is 0.0919. The summed E-state index contributed by atoms with van der Waals surface area (Å²) in [5.41, 5.74) is 8.08. The monoisotopic (exact) mass is 242 g/mol. The van der Waals surface area contributed by atoms with Gasteiger partial charge in [0, 0.05) is 0 Å². The molecule has 94 valence electrons. The molecule has 0 saturated heterocycles. The Morgan fingerprint density at radius 1 is 1.44 bits per heavy atom. The Hall–Kier alpha value is -1.86. The van der Waals surface area contributed by atoms with E-state index in [2.05, 4.69) is 18.0 Å². The van der Waals surface area contributed by atoms with E-state index in [9.17, 15) is 0 Å². The lowest BCUT2D eigenvalue weighted by atomic mass is 10.1. The molecule has 0 aliphatic carbocycles. The lowest BCUT2D eigenvalue weighted by molar-refractivity contribution is 0.554. The molecule has 1 unspecified atom stereocenters. The van der Waals surface area contributed by atoms with E-state index in [-0.39, 0.29) is 6.04 Å². The van der Waals surface area contributed by atoms with Gasteiger partial charge in [-0.05, 0) is 18.6 Å². The zero-order valence-electron chi connectivity index (χ0n) is 10.6. The zero-order valence-corrected chi connectivity index (χ0v) is 10.6. The molecular weight excluding hydrogens is 224 g/mol. The molecule has 1 aromatic carbocycles. The molecule has 1 aromatic heterocycles. The average Bonchev–Trinajstić information content (AvgIpc) is 2.76. The maximum atomic E-state index is 8.94. The first-order valence-electron chi connectivity index (χ1n) is 6.35. The van der Waals surface area contributed by atoms with Crippen LogP contribution in [0.25, 0.3) is 11.0 Å². The highest BCUT2D eigenvalue weighted by molar-refractivity contribution is 5.76. The van der Waals surface area contributed by atoms with Gasteiger partial charge in [0.2, 0.25) is 0 Å². The highest BCUT2D eigenvalue weighted by Gasteiger charge is 2.16. The van der Waals surface area contributed by atoms with Crippen LogP contribution in [0, 0.1) is 11.3 Å². The van der Waals surface area contributed by atoms with E-state index in [0.29, 0.717) is 6.54 Å². The average molecular weight is 242 g/mol. The van der Waals surface area contributed by atoms with Gasteiger partial charge in [-0.3, -0.25) is 0 Å². The molecule has 0 fully saturated rings. The molecule has 1 atom stereocenters. The van der Waals surface area contributed by atoms with Crippen molar-refractivity contribution in [3.05, 3.63) is 30.1 Å². The molecule has 0 aliphatic rings. The summed E-state index contributed by atoms with van der Waals surface area (Å²) < 4.78 is 1.93. The molecular formula is C14H18N4. The zero-order chi connectivity index (χ0) is 13.0. The van der Waals surface area contributed by atoms with Gasteiger partial charge in [-0.25, -0.2) is 4.98 Å². The van der Waals surface area contributed by atoms with Crippen LogP contribution in [0.15, 0.2) is 24.3 Å². The van der Waals surface area contributed by atoms with Crippen molar-refractivity contribution >= 4 is 11.0 Å². The molecule has 0 spiro atoms.